The molecule has 86 valence electrons. The fraction of sp³-hybridized carbons (Fsp3) is 0.200. The van der Waals surface area contributed by atoms with E-state index in [4.69, 9.17) is 10.5 Å². The maximum atomic E-state index is 5.91. The molecule has 2 nitrogen and oxygen atoms in total. The minimum atomic E-state index is 0.301. The first kappa shape index (κ1) is 10.4. The van der Waals surface area contributed by atoms with Crippen molar-refractivity contribution in [2.24, 2.45) is 5.73 Å². The molecular formula is C15H15NO. The molecule has 0 aliphatic heterocycles. The maximum Gasteiger partial charge on any atom is 0.130 e. The van der Waals surface area contributed by atoms with E-state index in [-0.39, 0.29) is 0 Å². The lowest BCUT2D eigenvalue weighted by Gasteiger charge is -2.10. The minimum absolute atomic E-state index is 0.301. The molecule has 3 rings (SSSR count). The summed E-state index contributed by atoms with van der Waals surface area (Å²) in [6.07, 6.45) is 1.06. The molecule has 0 saturated heterocycles. The Morgan fingerprint density at radius 1 is 0.941 bits per heavy atom. The number of rotatable bonds is 3. The zero-order valence-corrected chi connectivity index (χ0v) is 9.54. The molecule has 0 spiro atoms. The molecule has 1 aliphatic rings. The first-order chi connectivity index (χ1) is 8.34. The molecule has 2 aromatic rings. The van der Waals surface area contributed by atoms with Gasteiger partial charge in [0.2, 0.25) is 0 Å². The van der Waals surface area contributed by atoms with E-state index < -0.39 is 0 Å². The average Bonchev–Trinajstić information content (AvgIpc) is 3.08. The summed E-state index contributed by atoms with van der Waals surface area (Å²) in [6.45, 7) is 0. The van der Waals surface area contributed by atoms with Crippen LogP contribution < -0.4 is 10.5 Å². The molecule has 0 aromatic heterocycles. The van der Waals surface area contributed by atoms with E-state index in [2.05, 4.69) is 6.07 Å². The van der Waals surface area contributed by atoms with Crippen LogP contribution in [0.15, 0.2) is 54.6 Å². The predicted molar refractivity (Wildman–Crippen MR) is 68.3 cm³/mol. The Morgan fingerprint density at radius 2 is 1.59 bits per heavy atom. The monoisotopic (exact) mass is 225 g/mol. The maximum absolute atomic E-state index is 5.91. The SMILES string of the molecule is N[C@@H]1C[C@H]1c1ccccc1Oc1ccccc1. The van der Waals surface area contributed by atoms with Crippen molar-refractivity contribution in [1.82, 2.24) is 0 Å². The summed E-state index contributed by atoms with van der Waals surface area (Å²) in [5, 5.41) is 0. The number of hydrogen-bond acceptors (Lipinski definition) is 2. The van der Waals surface area contributed by atoms with Crippen LogP contribution in [0.4, 0.5) is 0 Å². The van der Waals surface area contributed by atoms with Gasteiger partial charge >= 0.3 is 0 Å². The van der Waals surface area contributed by atoms with Gasteiger partial charge in [-0.1, -0.05) is 36.4 Å². The lowest BCUT2D eigenvalue weighted by atomic mass is 10.1. The third kappa shape index (κ3) is 2.17. The van der Waals surface area contributed by atoms with Crippen molar-refractivity contribution in [3.63, 3.8) is 0 Å². The van der Waals surface area contributed by atoms with Gasteiger partial charge in [-0.25, -0.2) is 0 Å². The van der Waals surface area contributed by atoms with Crippen LogP contribution >= 0.6 is 0 Å². The Bertz CT molecular complexity index is 509. The van der Waals surface area contributed by atoms with Crippen LogP contribution in [0.3, 0.4) is 0 Å². The van der Waals surface area contributed by atoms with Crippen molar-refractivity contribution >= 4 is 0 Å². The number of hydrogen-bond donors (Lipinski definition) is 1. The van der Waals surface area contributed by atoms with Crippen LogP contribution in [-0.4, -0.2) is 6.04 Å². The third-order valence-electron chi connectivity index (χ3n) is 3.13. The summed E-state index contributed by atoms with van der Waals surface area (Å²) in [5.74, 6) is 2.26. The minimum Gasteiger partial charge on any atom is -0.457 e. The molecule has 0 heterocycles. The first-order valence-corrected chi connectivity index (χ1v) is 5.92. The second-order valence-electron chi connectivity index (χ2n) is 4.46. The molecule has 0 amide bonds. The van der Waals surface area contributed by atoms with E-state index >= 15 is 0 Å². The number of nitrogens with two attached hydrogens (primary N) is 1. The summed E-state index contributed by atoms with van der Waals surface area (Å²) in [6, 6.07) is 18.3. The molecule has 0 radical (unpaired) electrons. The van der Waals surface area contributed by atoms with E-state index in [0.29, 0.717) is 12.0 Å². The summed E-state index contributed by atoms with van der Waals surface area (Å²) >= 11 is 0. The Labute approximate surface area is 101 Å². The molecule has 2 N–H and O–H groups in total. The van der Waals surface area contributed by atoms with Crippen molar-refractivity contribution in [2.75, 3.05) is 0 Å². The number of para-hydroxylation sites is 2. The molecule has 17 heavy (non-hydrogen) atoms. The second kappa shape index (κ2) is 4.22. The largest absolute Gasteiger partial charge is 0.457 e. The summed E-state index contributed by atoms with van der Waals surface area (Å²) in [5.41, 5.74) is 7.13. The molecule has 1 aliphatic carbocycles. The molecule has 1 saturated carbocycles. The molecule has 0 bridgehead atoms. The van der Waals surface area contributed by atoms with Gasteiger partial charge in [0.05, 0.1) is 0 Å². The van der Waals surface area contributed by atoms with Crippen LogP contribution in [-0.2, 0) is 0 Å². The van der Waals surface area contributed by atoms with E-state index in [1.54, 1.807) is 0 Å². The fourth-order valence-electron chi connectivity index (χ4n) is 2.07. The van der Waals surface area contributed by atoms with Crippen LogP contribution in [0.1, 0.15) is 17.9 Å². The molecule has 0 unspecified atom stereocenters. The topological polar surface area (TPSA) is 35.2 Å². The van der Waals surface area contributed by atoms with Crippen LogP contribution in [0.25, 0.3) is 0 Å². The molecule has 1 fully saturated rings. The van der Waals surface area contributed by atoms with Gasteiger partial charge in [0.25, 0.3) is 0 Å². The zero-order chi connectivity index (χ0) is 11.7. The molecule has 2 aromatic carbocycles. The Kier molecular flexibility index (Phi) is 2.57. The highest BCUT2D eigenvalue weighted by atomic mass is 16.5. The van der Waals surface area contributed by atoms with Gasteiger partial charge in [-0.2, -0.15) is 0 Å². The Morgan fingerprint density at radius 3 is 2.29 bits per heavy atom. The third-order valence-corrected chi connectivity index (χ3v) is 3.13. The van der Waals surface area contributed by atoms with E-state index in [9.17, 15) is 0 Å². The van der Waals surface area contributed by atoms with Gasteiger partial charge in [-0.15, -0.1) is 0 Å². The van der Waals surface area contributed by atoms with Crippen molar-refractivity contribution in [1.29, 1.82) is 0 Å². The summed E-state index contributed by atoms with van der Waals surface area (Å²) in [4.78, 5) is 0. The summed E-state index contributed by atoms with van der Waals surface area (Å²) in [7, 11) is 0. The van der Waals surface area contributed by atoms with Crippen LogP contribution in [0.2, 0.25) is 0 Å². The molecule has 2 heteroatoms. The Hall–Kier alpha value is -1.80. The van der Waals surface area contributed by atoms with Gasteiger partial charge in [0, 0.05) is 12.0 Å². The highest BCUT2D eigenvalue weighted by Gasteiger charge is 2.36. The Balaban J connectivity index is 1.88. The summed E-state index contributed by atoms with van der Waals surface area (Å²) < 4.78 is 5.90. The predicted octanol–water partition coefficient (Wildman–Crippen LogP) is 3.29. The standard InChI is InChI=1S/C15H15NO/c16-14-10-13(14)12-8-4-5-9-15(12)17-11-6-2-1-3-7-11/h1-9,13-14H,10,16H2/t13-,14+/m0/s1. The van der Waals surface area contributed by atoms with Gasteiger partial charge in [-0.05, 0) is 30.2 Å². The van der Waals surface area contributed by atoms with Crippen molar-refractivity contribution in [3.8, 4) is 11.5 Å². The smallest absolute Gasteiger partial charge is 0.130 e. The van der Waals surface area contributed by atoms with E-state index in [0.717, 1.165) is 17.9 Å². The van der Waals surface area contributed by atoms with Gasteiger partial charge in [-0.3, -0.25) is 0 Å². The van der Waals surface area contributed by atoms with Gasteiger partial charge in [0.15, 0.2) is 0 Å². The van der Waals surface area contributed by atoms with Crippen LogP contribution in [0.5, 0.6) is 11.5 Å². The zero-order valence-electron chi connectivity index (χ0n) is 9.54. The number of benzene rings is 2. The van der Waals surface area contributed by atoms with Crippen molar-refractivity contribution in [3.05, 3.63) is 60.2 Å². The molecule has 2 atom stereocenters. The highest BCUT2D eigenvalue weighted by Crippen LogP contribution is 2.44. The van der Waals surface area contributed by atoms with E-state index in [1.807, 2.05) is 48.5 Å². The van der Waals surface area contributed by atoms with Crippen LogP contribution in [0, 0.1) is 0 Å². The lowest BCUT2D eigenvalue weighted by Crippen LogP contribution is -2.01. The first-order valence-electron chi connectivity index (χ1n) is 5.92. The second-order valence-corrected chi connectivity index (χ2v) is 4.46. The van der Waals surface area contributed by atoms with E-state index in [1.165, 1.54) is 5.56 Å². The van der Waals surface area contributed by atoms with Gasteiger partial charge < -0.3 is 10.5 Å². The van der Waals surface area contributed by atoms with Gasteiger partial charge in [0.1, 0.15) is 11.5 Å². The van der Waals surface area contributed by atoms with Crippen molar-refractivity contribution in [2.45, 2.75) is 18.4 Å². The van der Waals surface area contributed by atoms with Crippen molar-refractivity contribution < 1.29 is 4.74 Å². The highest BCUT2D eigenvalue weighted by molar-refractivity contribution is 5.43. The number of ether oxygens (including phenoxy) is 1. The average molecular weight is 225 g/mol. The normalized spacial score (nSPS) is 22.2. The quantitative estimate of drug-likeness (QED) is 0.869. The molecular weight excluding hydrogens is 210 g/mol. The fourth-order valence-corrected chi connectivity index (χ4v) is 2.07. The lowest BCUT2D eigenvalue weighted by molar-refractivity contribution is 0.476.